The predicted molar refractivity (Wildman–Crippen MR) is 114 cm³/mol. The van der Waals surface area contributed by atoms with Crippen molar-refractivity contribution in [3.8, 4) is 11.3 Å². The fourth-order valence-corrected chi connectivity index (χ4v) is 3.51. The molecule has 3 aromatic heterocycles. The number of carbonyl (C=O) groups is 1. The van der Waals surface area contributed by atoms with Crippen molar-refractivity contribution in [1.29, 1.82) is 0 Å². The minimum atomic E-state index is -1.58. The van der Waals surface area contributed by atoms with Crippen molar-refractivity contribution in [2.75, 3.05) is 7.05 Å². The second-order valence-electron chi connectivity index (χ2n) is 7.14. The molecule has 0 aliphatic rings. The van der Waals surface area contributed by atoms with Gasteiger partial charge in [-0.25, -0.2) is 8.78 Å². The molecule has 5 aromatic rings. The Bertz CT molecular complexity index is 1480. The molecule has 1 N–H and O–H groups in total. The van der Waals surface area contributed by atoms with Crippen molar-refractivity contribution < 1.29 is 13.6 Å². The summed E-state index contributed by atoms with van der Waals surface area (Å²) in [5.41, 5.74) is 2.26. The summed E-state index contributed by atoms with van der Waals surface area (Å²) in [5, 5.41) is 15.6. The normalized spacial score (nSPS) is 12.2. The summed E-state index contributed by atoms with van der Waals surface area (Å²) in [4.78, 5) is 16.0. The molecule has 9 heteroatoms. The van der Waals surface area contributed by atoms with Crippen molar-refractivity contribution in [2.45, 2.75) is 6.17 Å². The lowest BCUT2D eigenvalue weighted by Crippen LogP contribution is -2.19. The number of fused-ring (bicyclic) bond motifs is 2. The van der Waals surface area contributed by atoms with E-state index in [1.54, 1.807) is 48.7 Å². The highest BCUT2D eigenvalue weighted by molar-refractivity contribution is 5.94. The topological polar surface area (TPSA) is 85.1 Å². The van der Waals surface area contributed by atoms with Gasteiger partial charge in [-0.3, -0.25) is 9.78 Å². The molecule has 0 saturated carbocycles. The van der Waals surface area contributed by atoms with Crippen LogP contribution >= 0.6 is 0 Å². The first-order chi connectivity index (χ1) is 15.5. The highest BCUT2D eigenvalue weighted by atomic mass is 19.1. The number of rotatable bonds is 4. The number of carbonyl (C=O) groups excluding carboxylic acids is 1. The van der Waals surface area contributed by atoms with Crippen molar-refractivity contribution in [2.24, 2.45) is 0 Å². The molecular formula is C23H16F2N6O. The van der Waals surface area contributed by atoms with Crippen molar-refractivity contribution in [3.05, 3.63) is 89.6 Å². The average Bonchev–Trinajstić information content (AvgIpc) is 3.26. The zero-order valence-corrected chi connectivity index (χ0v) is 16.8. The van der Waals surface area contributed by atoms with Gasteiger partial charge in [-0.15, -0.1) is 10.2 Å². The summed E-state index contributed by atoms with van der Waals surface area (Å²) in [7, 11) is 1.43. The summed E-state index contributed by atoms with van der Waals surface area (Å²) >= 11 is 0. The molecule has 0 radical (unpaired) electrons. The van der Waals surface area contributed by atoms with E-state index in [0.29, 0.717) is 22.5 Å². The number of hydrogen-bond donors (Lipinski definition) is 1. The summed E-state index contributed by atoms with van der Waals surface area (Å²) in [5.74, 6) is -1.20. The highest BCUT2D eigenvalue weighted by Gasteiger charge is 2.21. The van der Waals surface area contributed by atoms with Gasteiger partial charge in [0.05, 0.1) is 16.8 Å². The van der Waals surface area contributed by atoms with E-state index in [1.165, 1.54) is 23.7 Å². The fourth-order valence-electron chi connectivity index (χ4n) is 3.51. The SMILES string of the molecule is CNC(=O)c1ccc(-c2ccc3nnc(C(F)c4ccc5ncccc5c4)n3n2)cc1F. The zero-order chi connectivity index (χ0) is 22.2. The van der Waals surface area contributed by atoms with Gasteiger partial charge in [0.2, 0.25) is 0 Å². The smallest absolute Gasteiger partial charge is 0.253 e. The van der Waals surface area contributed by atoms with Gasteiger partial charge in [0.25, 0.3) is 5.91 Å². The van der Waals surface area contributed by atoms with Crippen LogP contribution in [0.5, 0.6) is 0 Å². The maximum atomic E-state index is 15.4. The molecule has 32 heavy (non-hydrogen) atoms. The van der Waals surface area contributed by atoms with Gasteiger partial charge in [-0.1, -0.05) is 18.2 Å². The number of nitrogens with one attached hydrogen (secondary N) is 1. The van der Waals surface area contributed by atoms with E-state index < -0.39 is 17.9 Å². The summed E-state index contributed by atoms with van der Waals surface area (Å²) in [6, 6.07) is 16.2. The quantitative estimate of drug-likeness (QED) is 0.468. The standard InChI is InChI=1S/C23H16F2N6O/c1-26-23(32)16-6-4-14(12-17(16)24)19-8-9-20-28-29-22(31(20)30-19)21(25)15-5-7-18-13(11-15)3-2-10-27-18/h2-12,21H,1H3,(H,26,32). The lowest BCUT2D eigenvalue weighted by molar-refractivity contribution is 0.0959. The van der Waals surface area contributed by atoms with E-state index in [2.05, 4.69) is 25.6 Å². The third-order valence-corrected chi connectivity index (χ3v) is 5.17. The zero-order valence-electron chi connectivity index (χ0n) is 16.8. The van der Waals surface area contributed by atoms with Crippen LogP contribution in [-0.2, 0) is 0 Å². The van der Waals surface area contributed by atoms with Gasteiger partial charge in [-0.2, -0.15) is 9.61 Å². The Morgan fingerprint density at radius 2 is 1.94 bits per heavy atom. The van der Waals surface area contributed by atoms with Crippen molar-refractivity contribution in [3.63, 3.8) is 0 Å². The van der Waals surface area contributed by atoms with Crippen LogP contribution in [0.3, 0.4) is 0 Å². The molecular weight excluding hydrogens is 414 g/mol. The number of hydrogen-bond acceptors (Lipinski definition) is 5. The molecule has 2 aromatic carbocycles. The van der Waals surface area contributed by atoms with Crippen LogP contribution in [0, 0.1) is 5.82 Å². The lowest BCUT2D eigenvalue weighted by Gasteiger charge is -2.09. The second kappa shape index (κ2) is 7.77. The second-order valence-corrected chi connectivity index (χ2v) is 7.14. The van der Waals surface area contributed by atoms with Gasteiger partial charge in [-0.05, 0) is 48.0 Å². The van der Waals surface area contributed by atoms with Gasteiger partial charge < -0.3 is 5.32 Å². The van der Waals surface area contributed by atoms with Crippen molar-refractivity contribution in [1.82, 2.24) is 30.1 Å². The first-order valence-electron chi connectivity index (χ1n) is 9.78. The first kappa shape index (κ1) is 19.7. The van der Waals surface area contributed by atoms with Crippen LogP contribution in [0.1, 0.15) is 27.9 Å². The Balaban J connectivity index is 1.55. The van der Waals surface area contributed by atoms with E-state index >= 15 is 4.39 Å². The van der Waals surface area contributed by atoms with Crippen LogP contribution in [-0.4, -0.2) is 37.8 Å². The molecule has 1 atom stereocenters. The number of pyridine rings is 1. The van der Waals surface area contributed by atoms with Crippen LogP contribution in [0.15, 0.2) is 66.9 Å². The minimum Gasteiger partial charge on any atom is -0.355 e. The van der Waals surface area contributed by atoms with E-state index in [0.717, 1.165) is 10.9 Å². The lowest BCUT2D eigenvalue weighted by atomic mass is 10.1. The van der Waals surface area contributed by atoms with Crippen LogP contribution in [0.4, 0.5) is 8.78 Å². The minimum absolute atomic E-state index is 0.00698. The largest absolute Gasteiger partial charge is 0.355 e. The molecule has 1 amide bonds. The van der Waals surface area contributed by atoms with E-state index in [4.69, 9.17) is 0 Å². The third kappa shape index (κ3) is 3.33. The molecule has 0 spiro atoms. The van der Waals surface area contributed by atoms with E-state index in [9.17, 15) is 9.18 Å². The van der Waals surface area contributed by atoms with Gasteiger partial charge >= 0.3 is 0 Å². The van der Waals surface area contributed by atoms with Gasteiger partial charge in [0.15, 0.2) is 17.6 Å². The Morgan fingerprint density at radius 3 is 2.75 bits per heavy atom. The maximum Gasteiger partial charge on any atom is 0.253 e. The highest BCUT2D eigenvalue weighted by Crippen LogP contribution is 2.28. The van der Waals surface area contributed by atoms with Gasteiger partial charge in [0, 0.05) is 24.2 Å². The first-order valence-corrected chi connectivity index (χ1v) is 9.78. The summed E-state index contributed by atoms with van der Waals surface area (Å²) in [6.07, 6.45) is 0.0981. The molecule has 1 unspecified atom stereocenters. The number of aromatic nitrogens is 5. The van der Waals surface area contributed by atoms with Crippen LogP contribution in [0.2, 0.25) is 0 Å². The fraction of sp³-hybridized carbons (Fsp3) is 0.0870. The number of alkyl halides is 1. The monoisotopic (exact) mass is 430 g/mol. The Morgan fingerprint density at radius 1 is 1.06 bits per heavy atom. The van der Waals surface area contributed by atoms with E-state index in [-0.39, 0.29) is 11.4 Å². The molecule has 7 nitrogen and oxygen atoms in total. The Labute approximate surface area is 180 Å². The summed E-state index contributed by atoms with van der Waals surface area (Å²) in [6.45, 7) is 0. The van der Waals surface area contributed by atoms with Crippen LogP contribution in [0.25, 0.3) is 27.8 Å². The molecule has 5 rings (SSSR count). The number of benzene rings is 2. The molecule has 0 fully saturated rings. The Hall–Kier alpha value is -4.27. The molecule has 0 aliphatic heterocycles. The Kier molecular flexibility index (Phi) is 4.78. The molecule has 3 heterocycles. The third-order valence-electron chi connectivity index (χ3n) is 5.17. The van der Waals surface area contributed by atoms with Crippen molar-refractivity contribution >= 4 is 22.5 Å². The molecule has 0 aliphatic carbocycles. The average molecular weight is 430 g/mol. The molecule has 0 bridgehead atoms. The molecule has 158 valence electrons. The number of halogens is 2. The number of nitrogens with zero attached hydrogens (tertiary/aromatic N) is 5. The molecule has 0 saturated heterocycles. The van der Waals surface area contributed by atoms with Gasteiger partial charge in [0.1, 0.15) is 5.82 Å². The van der Waals surface area contributed by atoms with Crippen LogP contribution < -0.4 is 5.32 Å². The maximum absolute atomic E-state index is 15.4. The summed E-state index contributed by atoms with van der Waals surface area (Å²) < 4.78 is 31.2. The predicted octanol–water partition coefficient (Wildman–Crippen LogP) is 3.90. The number of amides is 1. The van der Waals surface area contributed by atoms with E-state index in [1.807, 2.05) is 6.07 Å².